The largest absolute Gasteiger partial charge is 0.507 e. The van der Waals surface area contributed by atoms with E-state index in [4.69, 9.17) is 11.6 Å². The molecule has 2 aromatic heterocycles. The normalized spacial score (nSPS) is 17.9. The van der Waals surface area contributed by atoms with Gasteiger partial charge in [-0.15, -0.1) is 0 Å². The van der Waals surface area contributed by atoms with Gasteiger partial charge in [-0.2, -0.15) is 0 Å². The molecule has 4 aromatic rings. The third-order valence-electron chi connectivity index (χ3n) is 5.30. The number of aromatic nitrogens is 2. The number of hydrogen-bond acceptors (Lipinski definition) is 6. The first-order valence-electron chi connectivity index (χ1n) is 9.78. The number of thiazole rings is 1. The van der Waals surface area contributed by atoms with E-state index >= 15 is 0 Å². The van der Waals surface area contributed by atoms with E-state index in [1.165, 1.54) is 28.6 Å². The van der Waals surface area contributed by atoms with Crippen molar-refractivity contribution in [2.75, 3.05) is 4.90 Å². The van der Waals surface area contributed by atoms with Crippen LogP contribution in [0.15, 0.2) is 72.6 Å². The van der Waals surface area contributed by atoms with Crippen LogP contribution < -0.4 is 4.90 Å². The number of fused-ring (bicyclic) bond motifs is 1. The average Bonchev–Trinajstić information content (AvgIpc) is 3.32. The van der Waals surface area contributed by atoms with Crippen LogP contribution in [-0.4, -0.2) is 26.8 Å². The summed E-state index contributed by atoms with van der Waals surface area (Å²) < 4.78 is 0.904. The number of nitrogens with zero attached hydrogens (tertiary/aromatic N) is 3. The number of aryl methyl sites for hydroxylation is 1. The molecule has 3 heterocycles. The van der Waals surface area contributed by atoms with Gasteiger partial charge in [0.05, 0.1) is 21.8 Å². The Morgan fingerprint density at radius 2 is 1.88 bits per heavy atom. The Kier molecular flexibility index (Phi) is 5.00. The summed E-state index contributed by atoms with van der Waals surface area (Å²) in [5.74, 6) is -1.80. The van der Waals surface area contributed by atoms with Gasteiger partial charge in [-0.1, -0.05) is 41.1 Å². The lowest BCUT2D eigenvalue weighted by atomic mass is 9.96. The van der Waals surface area contributed by atoms with Crippen molar-refractivity contribution in [1.82, 2.24) is 9.97 Å². The Bertz CT molecular complexity index is 1410. The number of aliphatic hydroxyl groups is 1. The first-order valence-corrected chi connectivity index (χ1v) is 11.0. The third kappa shape index (κ3) is 3.36. The lowest BCUT2D eigenvalue weighted by molar-refractivity contribution is -0.132. The van der Waals surface area contributed by atoms with Crippen LogP contribution in [0.2, 0.25) is 5.02 Å². The zero-order valence-corrected chi connectivity index (χ0v) is 18.4. The lowest BCUT2D eigenvalue weighted by Gasteiger charge is -2.23. The van der Waals surface area contributed by atoms with Gasteiger partial charge in [0.25, 0.3) is 5.78 Å². The molecule has 0 saturated carbocycles. The van der Waals surface area contributed by atoms with E-state index in [0.29, 0.717) is 21.3 Å². The molecule has 8 heteroatoms. The summed E-state index contributed by atoms with van der Waals surface area (Å²) >= 11 is 7.55. The van der Waals surface area contributed by atoms with Gasteiger partial charge in [0.15, 0.2) is 5.13 Å². The van der Waals surface area contributed by atoms with E-state index in [-0.39, 0.29) is 11.3 Å². The van der Waals surface area contributed by atoms with Gasteiger partial charge in [-0.3, -0.25) is 19.5 Å². The van der Waals surface area contributed by atoms with E-state index in [1.54, 1.807) is 36.4 Å². The molecular formula is C24H16ClN3O3S. The molecular weight excluding hydrogens is 446 g/mol. The predicted molar refractivity (Wildman–Crippen MR) is 125 cm³/mol. The first kappa shape index (κ1) is 20.4. The summed E-state index contributed by atoms with van der Waals surface area (Å²) in [6.07, 6.45) is 3.02. The number of anilines is 1. The molecule has 1 aliphatic rings. The number of hydrogen-bond donors (Lipinski definition) is 1. The fourth-order valence-electron chi connectivity index (χ4n) is 3.81. The molecule has 0 spiro atoms. The van der Waals surface area contributed by atoms with Crippen molar-refractivity contribution in [3.63, 3.8) is 0 Å². The Hall–Kier alpha value is -3.55. The quantitative estimate of drug-likeness (QED) is 0.255. The second-order valence-corrected chi connectivity index (χ2v) is 8.87. The molecule has 0 radical (unpaired) electrons. The van der Waals surface area contributed by atoms with Crippen LogP contribution >= 0.6 is 22.9 Å². The Morgan fingerprint density at radius 1 is 1.09 bits per heavy atom. The molecule has 0 bridgehead atoms. The van der Waals surface area contributed by atoms with Crippen LogP contribution in [0.5, 0.6) is 0 Å². The molecule has 1 fully saturated rings. The van der Waals surface area contributed by atoms with E-state index in [1.807, 2.05) is 25.1 Å². The molecule has 1 amide bonds. The van der Waals surface area contributed by atoms with Crippen molar-refractivity contribution >= 4 is 55.7 Å². The zero-order chi connectivity index (χ0) is 22.4. The summed E-state index contributed by atoms with van der Waals surface area (Å²) in [6.45, 7) is 1.98. The van der Waals surface area contributed by atoms with Crippen LogP contribution in [0.1, 0.15) is 22.7 Å². The highest BCUT2D eigenvalue weighted by Crippen LogP contribution is 2.44. The number of pyridine rings is 1. The average molecular weight is 462 g/mol. The molecule has 0 aliphatic carbocycles. The summed E-state index contributed by atoms with van der Waals surface area (Å²) in [5.41, 5.74) is 2.78. The van der Waals surface area contributed by atoms with Crippen molar-refractivity contribution in [3.05, 3.63) is 94.3 Å². The summed E-state index contributed by atoms with van der Waals surface area (Å²) in [6, 6.07) is 15.0. The van der Waals surface area contributed by atoms with E-state index in [2.05, 4.69) is 9.97 Å². The molecule has 158 valence electrons. The number of carbonyl (C=O) groups excluding carboxylic acids is 2. The minimum absolute atomic E-state index is 0.0149. The fourth-order valence-corrected chi connectivity index (χ4v) is 5.10. The van der Waals surface area contributed by atoms with Crippen LogP contribution in [0, 0.1) is 6.92 Å². The highest BCUT2D eigenvalue weighted by atomic mass is 35.5. The lowest BCUT2D eigenvalue weighted by Crippen LogP contribution is -2.29. The zero-order valence-electron chi connectivity index (χ0n) is 16.8. The fraction of sp³-hybridized carbons (Fsp3) is 0.0833. The number of carbonyl (C=O) groups is 2. The highest BCUT2D eigenvalue weighted by molar-refractivity contribution is 7.22. The van der Waals surface area contributed by atoms with E-state index < -0.39 is 17.7 Å². The predicted octanol–water partition coefficient (Wildman–Crippen LogP) is 5.28. The molecule has 1 unspecified atom stereocenters. The third-order valence-corrected chi connectivity index (χ3v) is 6.55. The Balaban J connectivity index is 1.75. The maximum atomic E-state index is 13.2. The highest BCUT2D eigenvalue weighted by Gasteiger charge is 2.48. The summed E-state index contributed by atoms with van der Waals surface area (Å²) in [5, 5.41) is 11.9. The van der Waals surface area contributed by atoms with Crippen molar-refractivity contribution in [2.45, 2.75) is 13.0 Å². The number of amides is 1. The van der Waals surface area contributed by atoms with Gasteiger partial charge < -0.3 is 5.11 Å². The number of halogens is 1. The summed E-state index contributed by atoms with van der Waals surface area (Å²) in [4.78, 5) is 36.3. The maximum absolute atomic E-state index is 13.2. The number of aliphatic hydroxyl groups excluding tert-OH is 1. The number of benzene rings is 2. The Labute approximate surface area is 192 Å². The number of Topliss-reactive ketones (excluding diaryl/α,β-unsaturated/α-hetero) is 1. The van der Waals surface area contributed by atoms with Crippen molar-refractivity contribution < 1.29 is 14.7 Å². The van der Waals surface area contributed by atoms with E-state index in [0.717, 1.165) is 15.8 Å². The van der Waals surface area contributed by atoms with Gasteiger partial charge in [-0.25, -0.2) is 4.98 Å². The smallest absolute Gasteiger partial charge is 0.301 e. The molecule has 32 heavy (non-hydrogen) atoms. The minimum Gasteiger partial charge on any atom is -0.507 e. The van der Waals surface area contributed by atoms with Crippen LogP contribution in [0.4, 0.5) is 5.13 Å². The monoisotopic (exact) mass is 461 g/mol. The summed E-state index contributed by atoms with van der Waals surface area (Å²) in [7, 11) is 0. The molecule has 5 rings (SSSR count). The van der Waals surface area contributed by atoms with Crippen LogP contribution in [-0.2, 0) is 9.59 Å². The van der Waals surface area contributed by atoms with Crippen LogP contribution in [0.25, 0.3) is 16.0 Å². The Morgan fingerprint density at radius 3 is 2.62 bits per heavy atom. The second-order valence-electron chi connectivity index (χ2n) is 7.43. The molecule has 1 N–H and O–H groups in total. The van der Waals surface area contributed by atoms with Gasteiger partial charge >= 0.3 is 5.91 Å². The number of rotatable bonds is 3. The van der Waals surface area contributed by atoms with E-state index in [9.17, 15) is 14.7 Å². The van der Waals surface area contributed by atoms with Gasteiger partial charge in [-0.05, 0) is 54.4 Å². The van der Waals surface area contributed by atoms with Gasteiger partial charge in [0.2, 0.25) is 0 Å². The molecule has 2 aromatic carbocycles. The molecule has 6 nitrogen and oxygen atoms in total. The van der Waals surface area contributed by atoms with Gasteiger partial charge in [0.1, 0.15) is 5.76 Å². The number of ketones is 1. The minimum atomic E-state index is -0.872. The molecule has 1 saturated heterocycles. The SMILES string of the molecule is Cc1ccc2nc(N3C(=O)C(=O)C(=C(O)c4ccncc4)C3c3cccc(Cl)c3)sc2c1. The van der Waals surface area contributed by atoms with Gasteiger partial charge in [0, 0.05) is 23.0 Å². The van der Waals surface area contributed by atoms with Crippen LogP contribution in [0.3, 0.4) is 0 Å². The van der Waals surface area contributed by atoms with Crippen molar-refractivity contribution in [2.24, 2.45) is 0 Å². The maximum Gasteiger partial charge on any atom is 0.301 e. The topological polar surface area (TPSA) is 83.4 Å². The second kappa shape index (κ2) is 7.85. The first-order chi connectivity index (χ1) is 15.4. The standard InChI is InChI=1S/C24H16ClN3O3S/c1-13-5-6-17-18(11-13)32-24(27-17)28-20(15-3-2-4-16(25)12-15)19(22(30)23(28)31)21(29)14-7-9-26-10-8-14/h2-12,20,29H,1H3. The van der Waals surface area contributed by atoms with Crippen molar-refractivity contribution in [1.29, 1.82) is 0 Å². The van der Waals surface area contributed by atoms with Crippen molar-refractivity contribution in [3.8, 4) is 0 Å². The molecule has 1 aliphatic heterocycles. The molecule has 1 atom stereocenters.